The van der Waals surface area contributed by atoms with E-state index in [1.165, 1.54) is 59.8 Å². The SMILES string of the molecule is C[Si]1(C)c2ccccc2-c2cccc(N(c3ccccc3)c3ccc4cc5c(cc4c3)oc3c5ccc4oc5cc6cc(N(c7ccccc7)c7cccc8c7[Si](C)(C)c7ccccc7-8)ccc6cc5c43)c21. The third-order valence-electron chi connectivity index (χ3n) is 16.1. The van der Waals surface area contributed by atoms with Crippen LogP contribution in [0, 0.1) is 0 Å². The zero-order chi connectivity index (χ0) is 48.0. The summed E-state index contributed by atoms with van der Waals surface area (Å²) in [5.74, 6) is 0. The van der Waals surface area contributed by atoms with Gasteiger partial charge in [-0.05, 0) is 162 Å². The van der Waals surface area contributed by atoms with E-state index in [4.69, 9.17) is 8.83 Å². The first-order chi connectivity index (χ1) is 35.2. The normalized spacial score (nSPS) is 14.1. The number of benzene rings is 11. The first-order valence-electron chi connectivity index (χ1n) is 25.1. The Labute approximate surface area is 419 Å². The number of rotatable bonds is 6. The standard InChI is InChI=1S/C66H48N2O2Si2/c1-71(2)61-27-13-11-21-49(61)52-23-15-25-56(65(52)71)67(45-17-7-5-8-18-45)47-31-29-41-37-54-51-33-34-58-63(64(51)70-59(54)39-43(41)35-47)55-38-42-30-32-48(36-44(42)40-60(55)69-58)68(46-19-9-6-10-20-46)57-26-16-24-53-50-22-12-14-28-62(50)72(3,4)66(53)57/h5-40H,1-4H3. The number of fused-ring (bicyclic) bond motifs is 15. The summed E-state index contributed by atoms with van der Waals surface area (Å²) in [4.78, 5) is 4.92. The minimum Gasteiger partial charge on any atom is -0.456 e. The van der Waals surface area contributed by atoms with Crippen LogP contribution in [0.1, 0.15) is 0 Å². The Balaban J connectivity index is 0.853. The van der Waals surface area contributed by atoms with Gasteiger partial charge in [-0.25, -0.2) is 0 Å². The molecule has 342 valence electrons. The zero-order valence-electron chi connectivity index (χ0n) is 40.5. The Morgan fingerprint density at radius 1 is 0.319 bits per heavy atom. The number of hydrogen-bond acceptors (Lipinski definition) is 4. The van der Waals surface area contributed by atoms with Crippen LogP contribution in [0.2, 0.25) is 26.2 Å². The fraction of sp³-hybridized carbons (Fsp3) is 0.0606. The van der Waals surface area contributed by atoms with Gasteiger partial charge in [0.2, 0.25) is 0 Å². The summed E-state index contributed by atoms with van der Waals surface area (Å²) in [5.41, 5.74) is 15.8. The molecule has 72 heavy (non-hydrogen) atoms. The molecule has 0 saturated heterocycles. The lowest BCUT2D eigenvalue weighted by molar-refractivity contribution is 0.663. The van der Waals surface area contributed by atoms with Crippen molar-refractivity contribution in [2.24, 2.45) is 0 Å². The van der Waals surface area contributed by atoms with E-state index in [0.717, 1.165) is 82.8 Å². The monoisotopic (exact) mass is 956 g/mol. The highest BCUT2D eigenvalue weighted by Gasteiger charge is 2.42. The summed E-state index contributed by atoms with van der Waals surface area (Å²) in [6.45, 7) is 9.99. The number of hydrogen-bond donors (Lipinski definition) is 0. The van der Waals surface area contributed by atoms with Gasteiger partial charge in [-0.3, -0.25) is 0 Å². The van der Waals surface area contributed by atoms with Gasteiger partial charge in [0.25, 0.3) is 0 Å². The fourth-order valence-corrected chi connectivity index (χ4v) is 19.7. The van der Waals surface area contributed by atoms with Gasteiger partial charge in [-0.15, -0.1) is 0 Å². The molecular weight excluding hydrogens is 909 g/mol. The number of para-hydroxylation sites is 2. The van der Waals surface area contributed by atoms with E-state index in [1.54, 1.807) is 0 Å². The number of nitrogens with zero attached hydrogens (tertiary/aromatic N) is 2. The molecule has 6 heteroatoms. The summed E-state index contributed by atoms with van der Waals surface area (Å²) in [5, 5.41) is 14.8. The van der Waals surface area contributed by atoms with Gasteiger partial charge in [-0.2, -0.15) is 0 Å². The van der Waals surface area contributed by atoms with E-state index in [0.29, 0.717) is 0 Å². The molecule has 2 aromatic heterocycles. The van der Waals surface area contributed by atoms with E-state index in [9.17, 15) is 0 Å². The highest BCUT2D eigenvalue weighted by atomic mass is 28.3. The molecule has 0 radical (unpaired) electrons. The summed E-state index contributed by atoms with van der Waals surface area (Å²) in [7, 11) is -4.06. The van der Waals surface area contributed by atoms with E-state index in [1.807, 2.05) is 0 Å². The zero-order valence-corrected chi connectivity index (χ0v) is 42.5. The highest BCUT2D eigenvalue weighted by molar-refractivity contribution is 7.05. The molecule has 0 bridgehead atoms. The van der Waals surface area contributed by atoms with E-state index in [2.05, 4.69) is 254 Å². The molecule has 2 aliphatic rings. The van der Waals surface area contributed by atoms with Gasteiger partial charge < -0.3 is 18.6 Å². The van der Waals surface area contributed by atoms with Crippen molar-refractivity contribution in [1.82, 2.24) is 0 Å². The Morgan fingerprint density at radius 3 is 1.33 bits per heavy atom. The summed E-state index contributed by atoms with van der Waals surface area (Å²) < 4.78 is 13.8. The molecule has 0 spiro atoms. The molecule has 0 saturated carbocycles. The number of anilines is 6. The van der Waals surface area contributed by atoms with Gasteiger partial charge in [0.05, 0.1) is 5.39 Å². The maximum absolute atomic E-state index is 7.00. The first-order valence-corrected chi connectivity index (χ1v) is 31.1. The third kappa shape index (κ3) is 5.85. The van der Waals surface area contributed by atoms with Crippen LogP contribution in [0.4, 0.5) is 34.1 Å². The van der Waals surface area contributed by atoms with Gasteiger partial charge in [0.15, 0.2) is 0 Å². The minimum absolute atomic E-state index is 0.818. The average Bonchev–Trinajstić information content (AvgIpc) is 4.10. The maximum Gasteiger partial charge on any atom is 0.147 e. The molecule has 2 aliphatic heterocycles. The van der Waals surface area contributed by atoms with Crippen LogP contribution in [0.15, 0.2) is 227 Å². The van der Waals surface area contributed by atoms with Crippen molar-refractivity contribution in [2.45, 2.75) is 26.2 Å². The second kappa shape index (κ2) is 15.0. The molecule has 11 aromatic carbocycles. The second-order valence-electron chi connectivity index (χ2n) is 20.9. The van der Waals surface area contributed by atoms with Gasteiger partial charge in [-0.1, -0.05) is 148 Å². The molecule has 0 aliphatic carbocycles. The molecule has 4 heterocycles. The molecule has 0 unspecified atom stereocenters. The first kappa shape index (κ1) is 41.4. The lowest BCUT2D eigenvalue weighted by Crippen LogP contribution is -2.50. The third-order valence-corrected chi connectivity index (χ3v) is 23.2. The molecule has 4 nitrogen and oxygen atoms in total. The predicted octanol–water partition coefficient (Wildman–Crippen LogP) is 16.3. The van der Waals surface area contributed by atoms with E-state index in [-0.39, 0.29) is 0 Å². The van der Waals surface area contributed by atoms with Gasteiger partial charge in [0, 0.05) is 50.3 Å². The smallest absolute Gasteiger partial charge is 0.147 e. The lowest BCUT2D eigenvalue weighted by atomic mass is 10.0. The van der Waals surface area contributed by atoms with E-state index < -0.39 is 16.1 Å². The highest BCUT2D eigenvalue weighted by Crippen LogP contribution is 2.46. The van der Waals surface area contributed by atoms with Crippen molar-refractivity contribution in [3.05, 3.63) is 218 Å². The molecule has 13 aromatic rings. The predicted molar refractivity (Wildman–Crippen MR) is 310 cm³/mol. The molecule has 0 N–H and O–H groups in total. The van der Waals surface area contributed by atoms with Crippen molar-refractivity contribution in [3.8, 4) is 22.3 Å². The quantitative estimate of drug-likeness (QED) is 0.156. The molecular formula is C66H48N2O2Si2. The van der Waals surface area contributed by atoms with Crippen LogP contribution in [0.3, 0.4) is 0 Å². The van der Waals surface area contributed by atoms with Crippen molar-refractivity contribution in [3.63, 3.8) is 0 Å². The molecule has 0 atom stereocenters. The average molecular weight is 957 g/mol. The maximum atomic E-state index is 7.00. The van der Waals surface area contributed by atoms with Crippen LogP contribution in [0.5, 0.6) is 0 Å². The topological polar surface area (TPSA) is 32.8 Å². The summed E-state index contributed by atoms with van der Waals surface area (Å²) in [6.07, 6.45) is 0. The van der Waals surface area contributed by atoms with Gasteiger partial charge in [0.1, 0.15) is 38.5 Å². The Morgan fingerprint density at radius 2 is 0.792 bits per heavy atom. The van der Waals surface area contributed by atoms with Gasteiger partial charge >= 0.3 is 0 Å². The Hall–Kier alpha value is -8.43. The van der Waals surface area contributed by atoms with Crippen LogP contribution < -0.4 is 30.5 Å². The molecule has 0 fully saturated rings. The van der Waals surface area contributed by atoms with Crippen molar-refractivity contribution in [1.29, 1.82) is 0 Å². The summed E-state index contributed by atoms with van der Waals surface area (Å²) >= 11 is 0. The van der Waals surface area contributed by atoms with Crippen molar-refractivity contribution >= 4 is 136 Å². The van der Waals surface area contributed by atoms with E-state index >= 15 is 0 Å². The fourth-order valence-electron chi connectivity index (χ4n) is 12.9. The lowest BCUT2D eigenvalue weighted by Gasteiger charge is -2.31. The molecule has 15 rings (SSSR count). The molecule has 0 amide bonds. The Kier molecular flexibility index (Phi) is 8.64. The van der Waals surface area contributed by atoms with Crippen molar-refractivity contribution < 1.29 is 8.83 Å². The van der Waals surface area contributed by atoms with Crippen LogP contribution in [-0.2, 0) is 0 Å². The van der Waals surface area contributed by atoms with Crippen LogP contribution in [0.25, 0.3) is 87.7 Å². The van der Waals surface area contributed by atoms with Crippen LogP contribution >= 0.6 is 0 Å². The number of furan rings is 2. The minimum atomic E-state index is -2.03. The second-order valence-corrected chi connectivity index (χ2v) is 29.4. The van der Waals surface area contributed by atoms with Crippen LogP contribution in [-0.4, -0.2) is 16.1 Å². The largest absolute Gasteiger partial charge is 0.456 e. The van der Waals surface area contributed by atoms with Crippen molar-refractivity contribution in [2.75, 3.05) is 9.80 Å². The Bertz CT molecular complexity index is 4420. The summed E-state index contributed by atoms with van der Waals surface area (Å²) in [6, 6.07) is 80.5.